The molecule has 4 rings (SSSR count). The molecular formula is C38H53F3N6O8. The van der Waals surface area contributed by atoms with Crippen LogP contribution in [0.3, 0.4) is 0 Å². The number of amides is 6. The molecule has 4 N–H and O–H groups in total. The van der Waals surface area contributed by atoms with Crippen molar-refractivity contribution in [2.24, 2.45) is 28.6 Å². The molecule has 304 valence electrons. The average molecular weight is 779 g/mol. The highest BCUT2D eigenvalue weighted by atomic mass is 19.4. The zero-order valence-electron chi connectivity index (χ0n) is 32.8. The summed E-state index contributed by atoms with van der Waals surface area (Å²) in [5.74, 6) is -5.09. The zero-order chi connectivity index (χ0) is 41.4. The van der Waals surface area contributed by atoms with Gasteiger partial charge < -0.3 is 35.8 Å². The average Bonchev–Trinajstić information content (AvgIpc) is 3.93. The second-order valence-corrected chi connectivity index (χ2v) is 17.2. The van der Waals surface area contributed by atoms with E-state index in [0.29, 0.717) is 19.4 Å². The highest BCUT2D eigenvalue weighted by Crippen LogP contribution is 2.65. The molecule has 55 heavy (non-hydrogen) atoms. The Kier molecular flexibility index (Phi) is 12.4. The van der Waals surface area contributed by atoms with Crippen LogP contribution in [0.2, 0.25) is 0 Å². The molecule has 14 nitrogen and oxygen atoms in total. The van der Waals surface area contributed by atoms with Gasteiger partial charge in [0.05, 0.1) is 12.6 Å². The Hall–Kier alpha value is -4.70. The number of nitrogens with one attached hydrogen (secondary N) is 4. The second kappa shape index (κ2) is 15.8. The lowest BCUT2D eigenvalue weighted by Gasteiger charge is -2.38. The van der Waals surface area contributed by atoms with Crippen molar-refractivity contribution in [3.05, 3.63) is 35.9 Å². The SMILES string of the molecule is CN(C)C(=O)[C@@H](NC(=O)CNC(=O)C(=O)C(CC1CC1)NC(=O)[C@@H]1[C@@H]2C(CN1C(=O)[C@@H](NC(=O)OC(C)(C)C(F)(F)F)C(C)(C)C)C2(C)C)c1ccccc1. The fraction of sp³-hybridized carbons (Fsp3) is 0.658. The van der Waals surface area contributed by atoms with Crippen molar-refractivity contribution in [3.8, 4) is 0 Å². The Morgan fingerprint density at radius 3 is 2.05 bits per heavy atom. The molecule has 2 unspecified atom stereocenters. The van der Waals surface area contributed by atoms with Gasteiger partial charge in [0.15, 0.2) is 0 Å². The number of ketones is 1. The number of alkyl carbamates (subject to hydrolysis) is 1. The molecule has 0 radical (unpaired) electrons. The van der Waals surface area contributed by atoms with E-state index in [4.69, 9.17) is 0 Å². The number of hydrogen-bond donors (Lipinski definition) is 4. The van der Waals surface area contributed by atoms with Crippen molar-refractivity contribution in [3.63, 3.8) is 0 Å². The smallest absolute Gasteiger partial charge is 0.427 e. The van der Waals surface area contributed by atoms with Crippen molar-refractivity contribution in [2.45, 2.75) is 104 Å². The lowest BCUT2D eigenvalue weighted by molar-refractivity contribution is -0.244. The molecule has 2 saturated carbocycles. The lowest BCUT2D eigenvalue weighted by atomic mass is 9.85. The van der Waals surface area contributed by atoms with Crippen LogP contribution < -0.4 is 21.3 Å². The van der Waals surface area contributed by atoms with E-state index in [2.05, 4.69) is 26.0 Å². The Morgan fingerprint density at radius 2 is 1.53 bits per heavy atom. The minimum Gasteiger partial charge on any atom is -0.434 e. The lowest BCUT2D eigenvalue weighted by Crippen LogP contribution is -2.61. The van der Waals surface area contributed by atoms with Gasteiger partial charge in [-0.25, -0.2) is 4.79 Å². The predicted octanol–water partition coefficient (Wildman–Crippen LogP) is 2.87. The van der Waals surface area contributed by atoms with Crippen LogP contribution in [-0.2, 0) is 33.5 Å². The maximum absolute atomic E-state index is 14.2. The highest BCUT2D eigenvalue weighted by molar-refractivity contribution is 6.38. The van der Waals surface area contributed by atoms with Crippen LogP contribution in [0, 0.1) is 28.6 Å². The summed E-state index contributed by atoms with van der Waals surface area (Å²) < 4.78 is 45.0. The summed E-state index contributed by atoms with van der Waals surface area (Å²) in [4.78, 5) is 96.0. The Morgan fingerprint density at radius 1 is 0.927 bits per heavy atom. The number of benzene rings is 1. The summed E-state index contributed by atoms with van der Waals surface area (Å²) in [5, 5.41) is 9.86. The molecule has 1 saturated heterocycles. The van der Waals surface area contributed by atoms with E-state index in [-0.39, 0.29) is 36.1 Å². The highest BCUT2D eigenvalue weighted by Gasteiger charge is 2.70. The van der Waals surface area contributed by atoms with Crippen LogP contribution in [0.1, 0.15) is 79.3 Å². The van der Waals surface area contributed by atoms with E-state index >= 15 is 0 Å². The van der Waals surface area contributed by atoms with E-state index < -0.39 is 89.3 Å². The summed E-state index contributed by atoms with van der Waals surface area (Å²) in [5.41, 5.74) is -3.73. The number of fused-ring (bicyclic) bond motifs is 1. The number of likely N-dealkylation sites (N-methyl/N-ethyl adjacent to an activating group) is 1. The normalized spacial score (nSPS) is 21.9. The quantitative estimate of drug-likeness (QED) is 0.208. The van der Waals surface area contributed by atoms with Crippen LogP contribution >= 0.6 is 0 Å². The van der Waals surface area contributed by atoms with E-state index in [0.717, 1.165) is 12.8 Å². The number of alkyl halides is 3. The van der Waals surface area contributed by atoms with Gasteiger partial charge in [-0.3, -0.25) is 28.8 Å². The number of piperidine rings is 1. The Bertz CT molecular complexity index is 1670. The molecule has 1 aromatic rings. The van der Waals surface area contributed by atoms with Crippen LogP contribution in [0.5, 0.6) is 0 Å². The first-order valence-electron chi connectivity index (χ1n) is 18.3. The third-order valence-corrected chi connectivity index (χ3v) is 10.8. The summed E-state index contributed by atoms with van der Waals surface area (Å²) in [6, 6.07) is 3.65. The van der Waals surface area contributed by atoms with Gasteiger partial charge >= 0.3 is 12.3 Å². The third-order valence-electron chi connectivity index (χ3n) is 10.8. The number of likely N-dealkylation sites (tertiary alicyclic amines) is 1. The van der Waals surface area contributed by atoms with Gasteiger partial charge in [-0.15, -0.1) is 0 Å². The fourth-order valence-electron chi connectivity index (χ4n) is 7.05. The predicted molar refractivity (Wildman–Crippen MR) is 193 cm³/mol. The number of rotatable bonds is 14. The molecule has 6 amide bonds. The van der Waals surface area contributed by atoms with Crippen molar-refractivity contribution in [2.75, 3.05) is 27.2 Å². The molecule has 0 spiro atoms. The summed E-state index contributed by atoms with van der Waals surface area (Å²) in [6.45, 7) is 9.51. The van der Waals surface area contributed by atoms with Crippen LogP contribution in [0.25, 0.3) is 0 Å². The van der Waals surface area contributed by atoms with Crippen molar-refractivity contribution >= 4 is 41.4 Å². The second-order valence-electron chi connectivity index (χ2n) is 17.2. The van der Waals surface area contributed by atoms with Crippen molar-refractivity contribution < 1.29 is 51.5 Å². The molecule has 1 heterocycles. The first-order chi connectivity index (χ1) is 25.3. The molecule has 3 fully saturated rings. The molecule has 3 aliphatic rings. The van der Waals surface area contributed by atoms with E-state index in [1.165, 1.54) is 23.9 Å². The largest absolute Gasteiger partial charge is 0.434 e. The molecule has 1 aromatic carbocycles. The summed E-state index contributed by atoms with van der Waals surface area (Å²) in [7, 11) is 3.06. The number of carbonyl (C=O) groups excluding carboxylic acids is 7. The van der Waals surface area contributed by atoms with Gasteiger partial charge in [0.1, 0.15) is 18.1 Å². The fourth-order valence-corrected chi connectivity index (χ4v) is 7.05. The summed E-state index contributed by atoms with van der Waals surface area (Å²) in [6.07, 6.45) is -4.65. The van der Waals surface area contributed by atoms with E-state index in [1.54, 1.807) is 51.1 Å². The van der Waals surface area contributed by atoms with Crippen LogP contribution in [0.4, 0.5) is 18.0 Å². The Balaban J connectivity index is 1.47. The molecule has 0 aromatic heterocycles. The van der Waals surface area contributed by atoms with Crippen molar-refractivity contribution in [1.29, 1.82) is 0 Å². The van der Waals surface area contributed by atoms with E-state index in [1.807, 2.05) is 13.8 Å². The van der Waals surface area contributed by atoms with Gasteiger partial charge in [-0.2, -0.15) is 13.2 Å². The number of halogens is 3. The van der Waals surface area contributed by atoms with Gasteiger partial charge in [0.2, 0.25) is 35.0 Å². The maximum Gasteiger partial charge on any atom is 0.427 e. The number of Topliss-reactive ketones (excluding diaryl/α,β-unsaturated/α-hetero) is 1. The molecule has 17 heteroatoms. The first-order valence-corrected chi connectivity index (χ1v) is 18.3. The number of hydrogen-bond acceptors (Lipinski definition) is 8. The molecule has 6 atom stereocenters. The number of carbonyl (C=O) groups is 7. The van der Waals surface area contributed by atoms with Gasteiger partial charge in [-0.1, -0.05) is 77.8 Å². The Labute approximate surface area is 319 Å². The first kappa shape index (κ1) is 43.0. The maximum atomic E-state index is 14.2. The van der Waals surface area contributed by atoms with Gasteiger partial charge in [-0.05, 0) is 54.4 Å². The zero-order valence-corrected chi connectivity index (χ0v) is 32.8. The summed E-state index contributed by atoms with van der Waals surface area (Å²) >= 11 is 0. The standard InChI is InChI=1S/C38H53F3N6O8/c1-35(2,3)29(45-34(54)55-37(6,7)38(39,40)41)33(53)47-19-22-25(36(22,4)5)27(47)30(50)43-23(17-20-15-16-20)28(49)31(51)42-18-24(48)44-26(32(52)46(8)9)21-13-11-10-12-14-21/h10-14,20,22-23,25-27,29H,15-19H2,1-9H3,(H,42,51)(H,43,50)(H,44,48)(H,45,54)/t22?,23?,25-,26-,27-,29+/m0/s1. The molecule has 2 aliphatic carbocycles. The van der Waals surface area contributed by atoms with Crippen LogP contribution in [-0.4, -0.2) is 108 Å². The van der Waals surface area contributed by atoms with Crippen molar-refractivity contribution in [1.82, 2.24) is 31.1 Å². The number of ether oxygens (including phenoxy) is 1. The topological polar surface area (TPSA) is 183 Å². The van der Waals surface area contributed by atoms with Crippen LogP contribution in [0.15, 0.2) is 30.3 Å². The monoisotopic (exact) mass is 778 g/mol. The van der Waals surface area contributed by atoms with Gasteiger partial charge in [0.25, 0.3) is 5.91 Å². The van der Waals surface area contributed by atoms with E-state index in [9.17, 15) is 46.7 Å². The molecule has 1 aliphatic heterocycles. The van der Waals surface area contributed by atoms with Gasteiger partial charge in [0, 0.05) is 20.6 Å². The molecular weight excluding hydrogens is 725 g/mol. The number of nitrogens with zero attached hydrogens (tertiary/aromatic N) is 2. The minimum atomic E-state index is -4.88. The minimum absolute atomic E-state index is 0.0573. The molecule has 0 bridgehead atoms. The third kappa shape index (κ3) is 9.95.